The van der Waals surface area contributed by atoms with E-state index in [0.717, 1.165) is 49.1 Å². The summed E-state index contributed by atoms with van der Waals surface area (Å²) in [6, 6.07) is 22.9. The molecule has 1 amide bonds. The summed E-state index contributed by atoms with van der Waals surface area (Å²) < 4.78 is 0. The maximum Gasteiger partial charge on any atom is 0.255 e. The highest BCUT2D eigenvalue weighted by Crippen LogP contribution is 2.22. The zero-order chi connectivity index (χ0) is 20.9. The molecule has 0 spiro atoms. The molecule has 1 saturated heterocycles. The largest absolute Gasteiger partial charge is 0.369 e. The number of amides is 1. The van der Waals surface area contributed by atoms with Crippen LogP contribution in [0.1, 0.15) is 15.9 Å². The first-order valence-corrected chi connectivity index (χ1v) is 10.7. The second-order valence-electron chi connectivity index (χ2n) is 7.36. The normalized spacial score (nSPS) is 14.5. The highest BCUT2D eigenvalue weighted by Gasteiger charge is 2.18. The first-order valence-electron chi connectivity index (χ1n) is 9.96. The van der Waals surface area contributed by atoms with Crippen LogP contribution in [0.2, 0.25) is 10.0 Å². The van der Waals surface area contributed by atoms with E-state index in [1.807, 2.05) is 30.3 Å². The van der Waals surface area contributed by atoms with Crippen LogP contribution in [0.5, 0.6) is 0 Å². The number of anilines is 2. The van der Waals surface area contributed by atoms with E-state index in [2.05, 4.69) is 33.3 Å². The summed E-state index contributed by atoms with van der Waals surface area (Å²) in [6.45, 7) is 4.77. The Hall–Kier alpha value is -2.53. The van der Waals surface area contributed by atoms with Crippen molar-refractivity contribution in [1.82, 2.24) is 4.90 Å². The Balaban J connectivity index is 1.31. The molecule has 3 aromatic carbocycles. The molecule has 4 nitrogen and oxygen atoms in total. The van der Waals surface area contributed by atoms with E-state index >= 15 is 0 Å². The number of piperazine rings is 1. The summed E-state index contributed by atoms with van der Waals surface area (Å²) in [4.78, 5) is 17.1. The molecule has 1 N–H and O–H groups in total. The van der Waals surface area contributed by atoms with Crippen molar-refractivity contribution in [3.8, 4) is 0 Å². The highest BCUT2D eigenvalue weighted by atomic mass is 35.5. The van der Waals surface area contributed by atoms with Gasteiger partial charge in [-0.3, -0.25) is 9.69 Å². The van der Waals surface area contributed by atoms with Crippen LogP contribution in [-0.2, 0) is 6.54 Å². The summed E-state index contributed by atoms with van der Waals surface area (Å²) >= 11 is 12.2. The monoisotopic (exact) mass is 439 g/mol. The fourth-order valence-corrected chi connectivity index (χ4v) is 3.91. The lowest BCUT2D eigenvalue weighted by atomic mass is 10.1. The molecule has 1 heterocycles. The molecule has 0 saturated carbocycles. The maximum absolute atomic E-state index is 12.3. The minimum atomic E-state index is -0.146. The van der Waals surface area contributed by atoms with Gasteiger partial charge in [-0.25, -0.2) is 0 Å². The molecule has 1 aliphatic heterocycles. The molecule has 0 unspecified atom stereocenters. The van der Waals surface area contributed by atoms with E-state index < -0.39 is 0 Å². The molecule has 1 fully saturated rings. The Kier molecular flexibility index (Phi) is 6.58. The zero-order valence-corrected chi connectivity index (χ0v) is 18.0. The third-order valence-corrected chi connectivity index (χ3v) is 5.94. The van der Waals surface area contributed by atoms with Gasteiger partial charge in [0.05, 0.1) is 0 Å². The first-order chi connectivity index (χ1) is 14.6. The van der Waals surface area contributed by atoms with Gasteiger partial charge < -0.3 is 10.2 Å². The minimum absolute atomic E-state index is 0.146. The third-order valence-electron chi connectivity index (χ3n) is 5.32. The van der Waals surface area contributed by atoms with Gasteiger partial charge in [-0.1, -0.05) is 41.4 Å². The van der Waals surface area contributed by atoms with Gasteiger partial charge in [-0.15, -0.1) is 0 Å². The molecule has 0 aromatic heterocycles. The Labute approximate surface area is 187 Å². The molecule has 0 atom stereocenters. The second kappa shape index (κ2) is 9.52. The molecule has 6 heteroatoms. The zero-order valence-electron chi connectivity index (χ0n) is 16.5. The SMILES string of the molecule is O=C(Nc1ccc(N2CCN(Cc3ccccc3Cl)CC2)cc1)c1ccc(Cl)cc1. The van der Waals surface area contributed by atoms with Gasteiger partial charge in [-0.05, 0) is 60.2 Å². The first kappa shape index (κ1) is 20.7. The van der Waals surface area contributed by atoms with Gasteiger partial charge in [0.2, 0.25) is 0 Å². The molecule has 0 bridgehead atoms. The Bertz CT molecular complexity index is 998. The fourth-order valence-electron chi connectivity index (χ4n) is 3.59. The van der Waals surface area contributed by atoms with Crippen molar-refractivity contribution in [2.75, 3.05) is 36.4 Å². The van der Waals surface area contributed by atoms with Crippen LogP contribution in [0.15, 0.2) is 72.8 Å². The van der Waals surface area contributed by atoms with E-state index in [-0.39, 0.29) is 5.91 Å². The van der Waals surface area contributed by atoms with E-state index in [1.165, 1.54) is 5.56 Å². The van der Waals surface area contributed by atoms with Gasteiger partial charge in [0, 0.05) is 59.7 Å². The summed E-state index contributed by atoms with van der Waals surface area (Å²) in [6.07, 6.45) is 0. The van der Waals surface area contributed by atoms with Crippen LogP contribution >= 0.6 is 23.2 Å². The number of hydrogen-bond donors (Lipinski definition) is 1. The summed E-state index contributed by atoms with van der Waals surface area (Å²) in [5.41, 5.74) is 3.69. The Morgan fingerprint density at radius 3 is 2.17 bits per heavy atom. The summed E-state index contributed by atoms with van der Waals surface area (Å²) in [5.74, 6) is -0.146. The molecule has 1 aliphatic rings. The number of rotatable bonds is 5. The Morgan fingerprint density at radius 1 is 0.833 bits per heavy atom. The van der Waals surface area contributed by atoms with E-state index in [1.54, 1.807) is 24.3 Å². The van der Waals surface area contributed by atoms with Crippen LogP contribution < -0.4 is 10.2 Å². The van der Waals surface area contributed by atoms with E-state index in [9.17, 15) is 4.79 Å². The van der Waals surface area contributed by atoms with Crippen molar-refractivity contribution >= 4 is 40.5 Å². The van der Waals surface area contributed by atoms with E-state index in [4.69, 9.17) is 23.2 Å². The molecule has 0 radical (unpaired) electrons. The molecule has 4 rings (SSSR count). The van der Waals surface area contributed by atoms with Crippen molar-refractivity contribution in [1.29, 1.82) is 0 Å². The topological polar surface area (TPSA) is 35.6 Å². The third kappa shape index (κ3) is 5.14. The van der Waals surface area contributed by atoms with Gasteiger partial charge in [-0.2, -0.15) is 0 Å². The van der Waals surface area contributed by atoms with Crippen LogP contribution in [0.25, 0.3) is 0 Å². The smallest absolute Gasteiger partial charge is 0.255 e. The lowest BCUT2D eigenvalue weighted by Crippen LogP contribution is -2.46. The molecule has 154 valence electrons. The van der Waals surface area contributed by atoms with Crippen LogP contribution in [0.4, 0.5) is 11.4 Å². The second-order valence-corrected chi connectivity index (χ2v) is 8.21. The van der Waals surface area contributed by atoms with Gasteiger partial charge in [0.15, 0.2) is 0 Å². The number of benzene rings is 3. The lowest BCUT2D eigenvalue weighted by molar-refractivity contribution is 0.102. The number of hydrogen-bond acceptors (Lipinski definition) is 3. The quantitative estimate of drug-likeness (QED) is 0.564. The lowest BCUT2D eigenvalue weighted by Gasteiger charge is -2.36. The van der Waals surface area contributed by atoms with Crippen LogP contribution in [-0.4, -0.2) is 37.0 Å². The maximum atomic E-state index is 12.3. The molecular formula is C24H23Cl2N3O. The highest BCUT2D eigenvalue weighted by molar-refractivity contribution is 6.31. The van der Waals surface area contributed by atoms with Crippen LogP contribution in [0.3, 0.4) is 0 Å². The van der Waals surface area contributed by atoms with E-state index in [0.29, 0.717) is 10.6 Å². The number of nitrogens with zero attached hydrogens (tertiary/aromatic N) is 2. The van der Waals surface area contributed by atoms with Crippen molar-refractivity contribution in [2.24, 2.45) is 0 Å². The molecule has 3 aromatic rings. The van der Waals surface area contributed by atoms with Gasteiger partial charge >= 0.3 is 0 Å². The summed E-state index contributed by atoms with van der Waals surface area (Å²) in [5, 5.41) is 4.37. The average Bonchev–Trinajstić information content (AvgIpc) is 2.77. The summed E-state index contributed by atoms with van der Waals surface area (Å²) in [7, 11) is 0. The number of halogens is 2. The Morgan fingerprint density at radius 2 is 1.50 bits per heavy atom. The predicted octanol–water partition coefficient (Wildman–Crippen LogP) is 5.57. The number of carbonyl (C=O) groups excluding carboxylic acids is 1. The minimum Gasteiger partial charge on any atom is -0.369 e. The molecule has 30 heavy (non-hydrogen) atoms. The van der Waals surface area contributed by atoms with Crippen molar-refractivity contribution < 1.29 is 4.79 Å². The van der Waals surface area contributed by atoms with Crippen molar-refractivity contribution in [3.63, 3.8) is 0 Å². The molecule has 0 aliphatic carbocycles. The molecular weight excluding hydrogens is 417 g/mol. The number of nitrogens with one attached hydrogen (secondary N) is 1. The standard InChI is InChI=1S/C24H23Cl2N3O/c25-20-7-5-18(6-8-20)24(30)27-21-9-11-22(12-10-21)29-15-13-28(14-16-29)17-19-3-1-2-4-23(19)26/h1-12H,13-17H2,(H,27,30). The van der Waals surface area contributed by atoms with Crippen molar-refractivity contribution in [3.05, 3.63) is 94.0 Å². The average molecular weight is 440 g/mol. The predicted molar refractivity (Wildman–Crippen MR) is 125 cm³/mol. The number of carbonyl (C=O) groups is 1. The van der Waals surface area contributed by atoms with Gasteiger partial charge in [0.25, 0.3) is 5.91 Å². The van der Waals surface area contributed by atoms with Crippen LogP contribution in [0, 0.1) is 0 Å². The fraction of sp³-hybridized carbons (Fsp3) is 0.208. The van der Waals surface area contributed by atoms with Gasteiger partial charge in [0.1, 0.15) is 0 Å². The van der Waals surface area contributed by atoms with Crippen molar-refractivity contribution in [2.45, 2.75) is 6.54 Å².